The van der Waals surface area contributed by atoms with Gasteiger partial charge in [-0.2, -0.15) is 0 Å². The van der Waals surface area contributed by atoms with Gasteiger partial charge in [0.05, 0.1) is 13.0 Å². The van der Waals surface area contributed by atoms with Crippen LogP contribution in [0.1, 0.15) is 31.2 Å². The molecule has 0 aromatic heterocycles. The maximum Gasteiger partial charge on any atom is 0.308 e. The van der Waals surface area contributed by atoms with Gasteiger partial charge in [0.2, 0.25) is 6.79 Å². The fourth-order valence-corrected chi connectivity index (χ4v) is 4.63. The number of nitrogens with one attached hydrogen (secondary N) is 1. The van der Waals surface area contributed by atoms with Crippen LogP contribution in [0.3, 0.4) is 0 Å². The lowest BCUT2D eigenvalue weighted by molar-refractivity contribution is -0.146. The second-order valence-electron chi connectivity index (χ2n) is 8.15. The maximum atomic E-state index is 11.8. The number of fused-ring (bicyclic) bond motifs is 1. The molecule has 0 saturated carbocycles. The van der Waals surface area contributed by atoms with Crippen molar-refractivity contribution in [2.24, 2.45) is 10.9 Å². The van der Waals surface area contributed by atoms with E-state index in [1.165, 1.54) is 12.7 Å². The van der Waals surface area contributed by atoms with E-state index < -0.39 is 0 Å². The van der Waals surface area contributed by atoms with E-state index in [4.69, 9.17) is 18.9 Å². The largest absolute Gasteiger partial charge is 0.469 e. The summed E-state index contributed by atoms with van der Waals surface area (Å²) < 4.78 is 21.7. The molecule has 3 heterocycles. The molecule has 0 aliphatic carbocycles. The molecule has 4 rings (SSSR count). The average Bonchev–Trinajstić information content (AvgIpc) is 3.28. The number of ether oxygens (including phenoxy) is 4. The van der Waals surface area contributed by atoms with Gasteiger partial charge in [-0.15, -0.1) is 24.0 Å². The molecule has 8 nitrogen and oxygen atoms in total. The molecule has 0 amide bonds. The first-order chi connectivity index (χ1) is 14.6. The van der Waals surface area contributed by atoms with E-state index in [1.807, 2.05) is 13.1 Å². The van der Waals surface area contributed by atoms with Gasteiger partial charge in [0, 0.05) is 45.3 Å². The summed E-state index contributed by atoms with van der Waals surface area (Å²) in [4.78, 5) is 18.5. The van der Waals surface area contributed by atoms with Crippen LogP contribution in [0.15, 0.2) is 23.2 Å². The number of benzene rings is 1. The molecule has 1 N–H and O–H groups in total. The first-order valence-electron chi connectivity index (χ1n) is 10.7. The van der Waals surface area contributed by atoms with Gasteiger partial charge in [-0.3, -0.25) is 9.79 Å². The van der Waals surface area contributed by atoms with Crippen molar-refractivity contribution in [3.05, 3.63) is 23.8 Å². The highest BCUT2D eigenvalue weighted by molar-refractivity contribution is 14.0. The fraction of sp³-hybridized carbons (Fsp3) is 0.636. The third-order valence-electron chi connectivity index (χ3n) is 6.56. The zero-order valence-electron chi connectivity index (χ0n) is 18.2. The van der Waals surface area contributed by atoms with Crippen LogP contribution in [0.5, 0.6) is 11.5 Å². The van der Waals surface area contributed by atoms with Crippen LogP contribution < -0.4 is 14.8 Å². The minimum atomic E-state index is -0.110. The van der Waals surface area contributed by atoms with Crippen LogP contribution in [0.25, 0.3) is 0 Å². The number of hydrogen-bond donors (Lipinski definition) is 1. The summed E-state index contributed by atoms with van der Waals surface area (Å²) in [5.41, 5.74) is 1.18. The van der Waals surface area contributed by atoms with Crippen molar-refractivity contribution in [3.63, 3.8) is 0 Å². The number of halogens is 1. The quantitative estimate of drug-likeness (QED) is 0.270. The van der Waals surface area contributed by atoms with Crippen molar-refractivity contribution < 1.29 is 23.7 Å². The minimum Gasteiger partial charge on any atom is -0.469 e. The molecular formula is C22H32IN3O5. The number of rotatable bonds is 4. The number of hydrogen-bond acceptors (Lipinski definition) is 6. The van der Waals surface area contributed by atoms with Crippen molar-refractivity contribution >= 4 is 35.9 Å². The number of carbonyl (C=O) groups is 1. The first-order valence-corrected chi connectivity index (χ1v) is 10.7. The van der Waals surface area contributed by atoms with Crippen LogP contribution in [0, 0.1) is 5.92 Å². The Bertz CT molecular complexity index is 789. The molecule has 0 radical (unpaired) electrons. The summed E-state index contributed by atoms with van der Waals surface area (Å²) in [5.74, 6) is 2.37. The molecule has 9 heteroatoms. The summed E-state index contributed by atoms with van der Waals surface area (Å²) >= 11 is 0. The van der Waals surface area contributed by atoms with E-state index in [0.29, 0.717) is 0 Å². The highest BCUT2D eigenvalue weighted by Crippen LogP contribution is 2.40. The Morgan fingerprint density at radius 1 is 1.23 bits per heavy atom. The highest BCUT2D eigenvalue weighted by atomic mass is 127. The Labute approximate surface area is 200 Å². The number of guanidine groups is 1. The molecule has 0 atom stereocenters. The average molecular weight is 545 g/mol. The van der Waals surface area contributed by atoms with Gasteiger partial charge in [0.1, 0.15) is 0 Å². The van der Waals surface area contributed by atoms with E-state index in [0.717, 1.165) is 76.0 Å². The molecule has 0 spiro atoms. The Morgan fingerprint density at radius 2 is 1.94 bits per heavy atom. The molecule has 1 aromatic rings. The van der Waals surface area contributed by atoms with Crippen molar-refractivity contribution in [1.29, 1.82) is 0 Å². The number of likely N-dealkylation sites (tertiary alicyclic amines) is 1. The number of nitrogens with zero attached hydrogens (tertiary/aromatic N) is 2. The van der Waals surface area contributed by atoms with Crippen LogP contribution in [-0.4, -0.2) is 70.6 Å². The van der Waals surface area contributed by atoms with Gasteiger partial charge in [0.25, 0.3) is 0 Å². The normalized spacial score (nSPS) is 20.7. The maximum absolute atomic E-state index is 11.8. The lowest BCUT2D eigenvalue weighted by Crippen LogP contribution is -2.51. The molecule has 3 aliphatic heterocycles. The van der Waals surface area contributed by atoms with Gasteiger partial charge < -0.3 is 29.2 Å². The molecular weight excluding hydrogens is 513 g/mol. The fourth-order valence-electron chi connectivity index (χ4n) is 4.63. The van der Waals surface area contributed by atoms with E-state index in [1.54, 1.807) is 0 Å². The van der Waals surface area contributed by atoms with Crippen LogP contribution in [-0.2, 0) is 19.7 Å². The van der Waals surface area contributed by atoms with Gasteiger partial charge in [-0.05, 0) is 43.4 Å². The third-order valence-corrected chi connectivity index (χ3v) is 6.56. The highest BCUT2D eigenvalue weighted by Gasteiger charge is 2.36. The Kier molecular flexibility index (Phi) is 8.26. The van der Waals surface area contributed by atoms with Gasteiger partial charge >= 0.3 is 5.97 Å². The lowest BCUT2D eigenvalue weighted by atomic mass is 9.74. The summed E-state index contributed by atoms with van der Waals surface area (Å²) in [6.07, 6.45) is 3.44. The SMILES string of the molecule is CN=C(NCC1(c2ccc3c(c2)OCO3)CCOCC1)N1CCC(C(=O)OC)CC1.I. The number of esters is 1. The molecule has 2 saturated heterocycles. The lowest BCUT2D eigenvalue weighted by Gasteiger charge is -2.40. The molecule has 172 valence electrons. The first kappa shape index (κ1) is 23.9. The van der Waals surface area contributed by atoms with Gasteiger partial charge in [0.15, 0.2) is 17.5 Å². The van der Waals surface area contributed by atoms with E-state index >= 15 is 0 Å². The van der Waals surface area contributed by atoms with Crippen LogP contribution in [0.2, 0.25) is 0 Å². The van der Waals surface area contributed by atoms with E-state index in [2.05, 4.69) is 27.3 Å². The Hall–Kier alpha value is -1.75. The van der Waals surface area contributed by atoms with Gasteiger partial charge in [-0.1, -0.05) is 6.07 Å². The van der Waals surface area contributed by atoms with E-state index in [9.17, 15) is 4.79 Å². The number of methoxy groups -OCH3 is 1. The number of carbonyl (C=O) groups excluding carboxylic acids is 1. The molecule has 31 heavy (non-hydrogen) atoms. The number of piperidine rings is 1. The van der Waals surface area contributed by atoms with Crippen molar-refractivity contribution in [1.82, 2.24) is 10.2 Å². The monoisotopic (exact) mass is 545 g/mol. The summed E-state index contributed by atoms with van der Waals surface area (Å²) in [6, 6.07) is 6.26. The third kappa shape index (κ3) is 5.19. The Morgan fingerprint density at radius 3 is 2.61 bits per heavy atom. The van der Waals surface area contributed by atoms with Crippen molar-refractivity contribution in [2.75, 3.05) is 53.8 Å². The minimum absolute atomic E-state index is 0. The van der Waals surface area contributed by atoms with Crippen molar-refractivity contribution in [2.45, 2.75) is 31.1 Å². The van der Waals surface area contributed by atoms with E-state index in [-0.39, 0.29) is 48.1 Å². The van der Waals surface area contributed by atoms with Crippen LogP contribution in [0.4, 0.5) is 0 Å². The van der Waals surface area contributed by atoms with Crippen molar-refractivity contribution in [3.8, 4) is 11.5 Å². The molecule has 2 fully saturated rings. The zero-order valence-corrected chi connectivity index (χ0v) is 20.6. The van der Waals surface area contributed by atoms with Gasteiger partial charge in [-0.25, -0.2) is 0 Å². The second kappa shape index (κ2) is 10.7. The predicted octanol–water partition coefficient (Wildman–Crippen LogP) is 2.54. The topological polar surface area (TPSA) is 81.6 Å². The molecule has 1 aromatic carbocycles. The van der Waals surface area contributed by atoms with Crippen LogP contribution >= 0.6 is 24.0 Å². The molecule has 0 bridgehead atoms. The summed E-state index contributed by atoms with van der Waals surface area (Å²) in [7, 11) is 3.27. The summed E-state index contributed by atoms with van der Waals surface area (Å²) in [6.45, 7) is 4.10. The number of aliphatic imine (C=N–C) groups is 1. The standard InChI is InChI=1S/C22H31N3O5.HI/c1-23-21(25-9-5-16(6-10-25)20(26)27-2)24-14-22(7-11-28-12-8-22)17-3-4-18-19(13-17)30-15-29-18;/h3-4,13,16H,5-12,14-15H2,1-2H3,(H,23,24);1H. The molecule has 0 unspecified atom stereocenters. The molecule has 3 aliphatic rings. The predicted molar refractivity (Wildman–Crippen MR) is 127 cm³/mol. The Balaban J connectivity index is 0.00000272. The smallest absolute Gasteiger partial charge is 0.308 e. The summed E-state index contributed by atoms with van der Waals surface area (Å²) in [5, 5.41) is 3.61. The zero-order chi connectivity index (χ0) is 21.0. The second-order valence-corrected chi connectivity index (χ2v) is 8.15.